The second-order valence-corrected chi connectivity index (χ2v) is 15.2. The maximum absolute atomic E-state index is 12.8. The summed E-state index contributed by atoms with van der Waals surface area (Å²) in [5.41, 5.74) is 0.0677. The van der Waals surface area contributed by atoms with Gasteiger partial charge >= 0.3 is 47.8 Å². The number of hydrogen-bond acceptors (Lipinski definition) is 22. The van der Waals surface area contributed by atoms with Crippen molar-refractivity contribution in [2.24, 2.45) is 4.99 Å². The molecular weight excluding hydrogens is 859 g/mol. The molecule has 0 saturated carbocycles. The zero-order chi connectivity index (χ0) is 46.3. The fourth-order valence-corrected chi connectivity index (χ4v) is 8.14. The van der Waals surface area contributed by atoms with Gasteiger partial charge in [0.1, 0.15) is 31.1 Å². The van der Waals surface area contributed by atoms with Crippen molar-refractivity contribution in [1.29, 1.82) is 0 Å². The van der Waals surface area contributed by atoms with E-state index in [4.69, 9.17) is 47.4 Å². The first-order valence-electron chi connectivity index (χ1n) is 19.2. The molecule has 2 fully saturated rings. The molecule has 0 spiro atoms. The first-order valence-corrected chi connectivity index (χ1v) is 20.1. The lowest BCUT2D eigenvalue weighted by molar-refractivity contribution is -0.270. The number of carbonyl (C=O) groups excluding carboxylic acids is 8. The van der Waals surface area contributed by atoms with Crippen molar-refractivity contribution in [2.75, 3.05) is 13.2 Å². The number of benzene rings is 1. The third-order valence-electron chi connectivity index (χ3n) is 9.12. The summed E-state index contributed by atoms with van der Waals surface area (Å²) in [5, 5.41) is 12.0. The summed E-state index contributed by atoms with van der Waals surface area (Å²) in [6.45, 7) is 7.30. The van der Waals surface area contributed by atoms with Crippen molar-refractivity contribution in [3.63, 3.8) is 0 Å². The van der Waals surface area contributed by atoms with Crippen LogP contribution in [-0.4, -0.2) is 136 Å². The molecule has 23 heteroatoms. The van der Waals surface area contributed by atoms with Gasteiger partial charge in [-0.3, -0.25) is 47.9 Å². The average molecular weight is 904 g/mol. The van der Waals surface area contributed by atoms with E-state index in [1.165, 1.54) is 12.3 Å². The highest BCUT2D eigenvalue weighted by Crippen LogP contribution is 2.45. The van der Waals surface area contributed by atoms with Crippen molar-refractivity contribution < 1.29 is 90.8 Å². The molecule has 3 aliphatic rings. The van der Waals surface area contributed by atoms with Crippen molar-refractivity contribution in [2.45, 2.75) is 121 Å². The molecular formula is C40H45N3O19S. The Hall–Kier alpha value is -6.33. The Morgan fingerprint density at radius 2 is 1.10 bits per heavy atom. The van der Waals surface area contributed by atoms with E-state index in [1.54, 1.807) is 24.3 Å². The Labute approximate surface area is 363 Å². The maximum Gasteiger partial charge on any atom is 0.303 e. The normalized spacial score (nSPS) is 26.7. The molecule has 1 aromatic heterocycles. The predicted octanol–water partition coefficient (Wildman–Crippen LogP) is 2.28. The Morgan fingerprint density at radius 1 is 0.635 bits per heavy atom. The largest absolute Gasteiger partial charge is 0.493 e. The third kappa shape index (κ3) is 12.0. The molecule has 1 N–H and O–H groups in total. The standard InChI is InChI=1S/C40H45N3O19S/c1-17(44)53-15-29-31(55-19(3)46)33(57-21(5)48)35(59-23(7)50)38(61-29)43-37(52)28(13-25-14-41-27-12-10-9-11-26(25)27)42-40(43)63-39-36(60-24(8)51)34(58-22(6)49)32(56-20(4)47)30(62-39)16-54-18(2)45/h9-14,29-36,38-39,52H,15-16H2,1-8H3/b25-13+/t29-,30-,31-,32-,33+,34+,35-,36-,38-,39+/m1/s1. The van der Waals surface area contributed by atoms with Crippen molar-refractivity contribution in [1.82, 2.24) is 9.55 Å². The highest BCUT2D eigenvalue weighted by Gasteiger charge is 2.56. The predicted molar refractivity (Wildman–Crippen MR) is 211 cm³/mol. The molecule has 4 heterocycles. The number of allylic oxidation sites excluding steroid dienone is 1. The summed E-state index contributed by atoms with van der Waals surface area (Å²) in [5.74, 6) is -7.61. The number of aromatic nitrogens is 2. The molecule has 5 rings (SSSR count). The number of carbonyl (C=O) groups is 8. The number of nitrogens with zero attached hydrogens (tertiary/aromatic N) is 3. The van der Waals surface area contributed by atoms with Crippen LogP contribution in [0.4, 0.5) is 5.69 Å². The molecule has 2 saturated heterocycles. The minimum Gasteiger partial charge on any atom is -0.493 e. The number of imidazole rings is 1. The molecule has 0 unspecified atom stereocenters. The van der Waals surface area contributed by atoms with Crippen LogP contribution in [0.3, 0.4) is 0 Å². The molecule has 22 nitrogen and oxygen atoms in total. The molecule has 3 aliphatic heterocycles. The lowest BCUT2D eigenvalue weighted by Crippen LogP contribution is -2.61. The van der Waals surface area contributed by atoms with Crippen LogP contribution in [-0.2, 0) is 85.7 Å². The van der Waals surface area contributed by atoms with Gasteiger partial charge in [0, 0.05) is 72.7 Å². The van der Waals surface area contributed by atoms with Crippen LogP contribution in [0, 0.1) is 0 Å². The second kappa shape index (κ2) is 20.7. The molecule has 10 atom stereocenters. The Kier molecular flexibility index (Phi) is 15.7. The zero-order valence-electron chi connectivity index (χ0n) is 35.2. The van der Waals surface area contributed by atoms with Gasteiger partial charge in [-0.15, -0.1) is 0 Å². The molecule has 0 radical (unpaired) electrons. The van der Waals surface area contributed by atoms with Gasteiger partial charge in [0.2, 0.25) is 5.88 Å². The number of aliphatic imine (C=N–C) groups is 1. The minimum absolute atomic E-state index is 0.158. The van der Waals surface area contributed by atoms with Gasteiger partial charge in [0.25, 0.3) is 0 Å². The fraction of sp³-hybridized carbons (Fsp3) is 0.500. The van der Waals surface area contributed by atoms with E-state index in [0.717, 1.165) is 60.0 Å². The first-order chi connectivity index (χ1) is 29.7. The van der Waals surface area contributed by atoms with Gasteiger partial charge in [-0.2, -0.15) is 0 Å². The first kappa shape index (κ1) is 47.7. The summed E-state index contributed by atoms with van der Waals surface area (Å²) in [7, 11) is 0. The number of ether oxygens (including phenoxy) is 10. The summed E-state index contributed by atoms with van der Waals surface area (Å²) in [6, 6.07) is 7.07. The van der Waals surface area contributed by atoms with Crippen molar-refractivity contribution in [3.8, 4) is 5.88 Å². The lowest BCUT2D eigenvalue weighted by Gasteiger charge is -2.45. The van der Waals surface area contributed by atoms with Gasteiger partial charge in [0.15, 0.2) is 53.4 Å². The molecule has 2 aromatic rings. The SMILES string of the molecule is CC(=O)OC[C@H]1O[C@@H](n2c(S[C@@H]3O[C@H](COC(C)=O)[C@@H](OC(C)=O)[C@H](OC(C)=O)[C@H]3OC(C)=O)nc(/C=C3\C=Nc4ccccc43)c2O)[C@H](OC(C)=O)[C@@H](OC(C)=O)[C@@H]1OC(C)=O. The number of fused-ring (bicyclic) bond motifs is 1. The molecule has 63 heavy (non-hydrogen) atoms. The monoisotopic (exact) mass is 903 g/mol. The number of esters is 8. The molecule has 0 bridgehead atoms. The molecule has 1 aromatic carbocycles. The quantitative estimate of drug-likeness (QED) is 0.210. The number of hydrogen-bond donors (Lipinski definition) is 1. The Balaban J connectivity index is 1.75. The second-order valence-electron chi connectivity index (χ2n) is 14.1. The van der Waals surface area contributed by atoms with Crippen LogP contribution in [0.5, 0.6) is 5.88 Å². The van der Waals surface area contributed by atoms with Crippen LogP contribution in [0.2, 0.25) is 0 Å². The van der Waals surface area contributed by atoms with E-state index < -0.39 is 127 Å². The smallest absolute Gasteiger partial charge is 0.303 e. The van der Waals surface area contributed by atoms with Gasteiger partial charge in [-0.05, 0) is 12.1 Å². The van der Waals surface area contributed by atoms with E-state index in [0.29, 0.717) is 28.6 Å². The van der Waals surface area contributed by atoms with E-state index >= 15 is 0 Å². The fourth-order valence-electron chi connectivity index (χ4n) is 6.93. The zero-order valence-corrected chi connectivity index (χ0v) is 36.0. The van der Waals surface area contributed by atoms with E-state index in [9.17, 15) is 43.5 Å². The van der Waals surface area contributed by atoms with Crippen LogP contribution in [0.25, 0.3) is 11.6 Å². The van der Waals surface area contributed by atoms with Gasteiger partial charge in [-0.1, -0.05) is 30.0 Å². The van der Waals surface area contributed by atoms with Crippen molar-refractivity contribution in [3.05, 3.63) is 35.5 Å². The highest BCUT2D eigenvalue weighted by atomic mass is 32.2. The van der Waals surface area contributed by atoms with E-state index in [1.807, 2.05) is 0 Å². The highest BCUT2D eigenvalue weighted by molar-refractivity contribution is 7.99. The van der Waals surface area contributed by atoms with Gasteiger partial charge in [-0.25, -0.2) is 4.98 Å². The van der Waals surface area contributed by atoms with Gasteiger partial charge < -0.3 is 52.5 Å². The minimum atomic E-state index is -1.78. The number of para-hydroxylation sites is 1. The summed E-state index contributed by atoms with van der Waals surface area (Å²) < 4.78 is 57.8. The number of aromatic hydroxyl groups is 1. The van der Waals surface area contributed by atoms with Crippen LogP contribution < -0.4 is 0 Å². The third-order valence-corrected chi connectivity index (χ3v) is 10.2. The van der Waals surface area contributed by atoms with E-state index in [-0.39, 0.29) is 10.9 Å². The molecule has 0 aliphatic carbocycles. The van der Waals surface area contributed by atoms with Crippen LogP contribution >= 0.6 is 11.8 Å². The molecule has 340 valence electrons. The Bertz CT molecular complexity index is 2190. The van der Waals surface area contributed by atoms with Gasteiger partial charge in [0.05, 0.1) is 5.69 Å². The molecule has 0 amide bonds. The van der Waals surface area contributed by atoms with Crippen molar-refractivity contribution >= 4 is 83.1 Å². The van der Waals surface area contributed by atoms with Crippen LogP contribution in [0.15, 0.2) is 34.4 Å². The Morgan fingerprint density at radius 3 is 1.62 bits per heavy atom. The van der Waals surface area contributed by atoms with Crippen LogP contribution in [0.1, 0.15) is 72.9 Å². The average Bonchev–Trinajstić information content (AvgIpc) is 3.72. The summed E-state index contributed by atoms with van der Waals surface area (Å²) >= 11 is 0.628. The number of thioether (sulfide) groups is 1. The summed E-state index contributed by atoms with van der Waals surface area (Å²) in [4.78, 5) is 109. The lowest BCUT2D eigenvalue weighted by atomic mass is 9.97. The number of rotatable bonds is 14. The van der Waals surface area contributed by atoms with E-state index in [2.05, 4.69) is 9.98 Å². The topological polar surface area (TPSA) is 279 Å². The maximum atomic E-state index is 12.8. The summed E-state index contributed by atoms with van der Waals surface area (Å²) in [6.07, 6.45) is -11.4.